The Hall–Kier alpha value is -0.650. The second-order valence-corrected chi connectivity index (χ2v) is 11.5. The molecule has 5 heteroatoms. The van der Waals surface area contributed by atoms with Crippen molar-refractivity contribution in [1.82, 2.24) is 0 Å². The highest BCUT2D eigenvalue weighted by molar-refractivity contribution is 5.66. The number of hydrogen-bond donors (Lipinski definition) is 4. The van der Waals surface area contributed by atoms with Crippen molar-refractivity contribution < 1.29 is 25.2 Å². The molecule has 4 saturated carbocycles. The third-order valence-corrected chi connectivity index (χ3v) is 10.3. The number of fused-ring (bicyclic) bond motifs is 5. The second-order valence-electron chi connectivity index (χ2n) is 11.5. The molecule has 0 radical (unpaired) electrons. The molecule has 0 spiro atoms. The Labute approximate surface area is 174 Å². The summed E-state index contributed by atoms with van der Waals surface area (Å²) in [4.78, 5) is 11.1. The van der Waals surface area contributed by atoms with Gasteiger partial charge in [0, 0.05) is 6.42 Å². The lowest BCUT2D eigenvalue weighted by atomic mass is 9.43. The van der Waals surface area contributed by atoms with E-state index in [0.717, 1.165) is 44.9 Å². The minimum atomic E-state index is -0.748. The molecule has 4 rings (SSSR count). The van der Waals surface area contributed by atoms with Gasteiger partial charge in [-0.15, -0.1) is 0 Å². The molecule has 0 heterocycles. The van der Waals surface area contributed by atoms with Crippen molar-refractivity contribution in [2.24, 2.45) is 46.3 Å². The van der Waals surface area contributed by atoms with Crippen molar-refractivity contribution in [3.8, 4) is 0 Å². The van der Waals surface area contributed by atoms with Gasteiger partial charge in [-0.1, -0.05) is 20.8 Å². The van der Waals surface area contributed by atoms with Crippen LogP contribution in [0.25, 0.3) is 0 Å². The lowest BCUT2D eigenvalue weighted by molar-refractivity contribution is -0.223. The summed E-state index contributed by atoms with van der Waals surface area (Å²) >= 11 is 0. The molecule has 0 bridgehead atoms. The molecule has 0 amide bonds. The van der Waals surface area contributed by atoms with Crippen molar-refractivity contribution in [3.63, 3.8) is 0 Å². The number of carboxylic acids is 1. The molecule has 0 aromatic rings. The van der Waals surface area contributed by atoms with Crippen molar-refractivity contribution in [3.05, 3.63) is 0 Å². The monoisotopic (exact) mass is 408 g/mol. The van der Waals surface area contributed by atoms with Crippen molar-refractivity contribution >= 4 is 5.97 Å². The molecule has 166 valence electrons. The fraction of sp³-hybridized carbons (Fsp3) is 0.958. The van der Waals surface area contributed by atoms with E-state index in [1.54, 1.807) is 0 Å². The van der Waals surface area contributed by atoms with Gasteiger partial charge in [0.2, 0.25) is 0 Å². The van der Waals surface area contributed by atoms with Gasteiger partial charge in [-0.2, -0.15) is 0 Å². The van der Waals surface area contributed by atoms with Crippen molar-refractivity contribution in [2.45, 2.75) is 96.9 Å². The Morgan fingerprint density at radius 3 is 2.28 bits per heavy atom. The maximum atomic E-state index is 11.3. The highest BCUT2D eigenvalue weighted by Gasteiger charge is 2.65. The van der Waals surface area contributed by atoms with Gasteiger partial charge < -0.3 is 20.4 Å². The number of aliphatic carboxylic acids is 1. The lowest BCUT2D eigenvalue weighted by Crippen LogP contribution is -2.64. The zero-order valence-electron chi connectivity index (χ0n) is 18.3. The fourth-order valence-electron chi connectivity index (χ4n) is 8.77. The van der Waals surface area contributed by atoms with E-state index < -0.39 is 18.2 Å². The molecule has 4 aliphatic carbocycles. The molecule has 0 aromatic heterocycles. The first-order valence-corrected chi connectivity index (χ1v) is 11.9. The predicted octanol–water partition coefficient (Wildman–Crippen LogP) is 3.45. The molecule has 0 saturated heterocycles. The third-order valence-electron chi connectivity index (χ3n) is 10.3. The molecule has 0 unspecified atom stereocenters. The first-order chi connectivity index (χ1) is 13.6. The van der Waals surface area contributed by atoms with Crippen LogP contribution in [0.5, 0.6) is 0 Å². The number of aliphatic hydroxyl groups excluding tert-OH is 3. The molecule has 4 fully saturated rings. The van der Waals surface area contributed by atoms with Gasteiger partial charge in [-0.25, -0.2) is 0 Å². The average molecular weight is 409 g/mol. The molecule has 0 aliphatic heterocycles. The minimum absolute atomic E-state index is 0.00309. The summed E-state index contributed by atoms with van der Waals surface area (Å²) in [6, 6.07) is 0. The van der Waals surface area contributed by atoms with Crippen LogP contribution >= 0.6 is 0 Å². The third kappa shape index (κ3) is 3.27. The van der Waals surface area contributed by atoms with Gasteiger partial charge in [0.15, 0.2) is 0 Å². The number of carboxylic acid groups (broad SMARTS) is 1. The Bertz CT molecular complexity index is 637. The van der Waals surface area contributed by atoms with Crippen LogP contribution in [-0.2, 0) is 4.79 Å². The average Bonchev–Trinajstić information content (AvgIpc) is 3.02. The summed E-state index contributed by atoms with van der Waals surface area (Å²) < 4.78 is 0. The molecular formula is C24H40O5. The number of aliphatic hydroxyl groups is 3. The van der Waals surface area contributed by atoms with Crippen LogP contribution in [0.4, 0.5) is 0 Å². The zero-order valence-corrected chi connectivity index (χ0v) is 18.3. The van der Waals surface area contributed by atoms with Gasteiger partial charge in [-0.3, -0.25) is 4.79 Å². The van der Waals surface area contributed by atoms with Gasteiger partial charge in [-0.05, 0) is 97.7 Å². The van der Waals surface area contributed by atoms with Crippen molar-refractivity contribution in [1.29, 1.82) is 0 Å². The van der Waals surface area contributed by atoms with Gasteiger partial charge >= 0.3 is 5.97 Å². The quantitative estimate of drug-likeness (QED) is 0.571. The van der Waals surface area contributed by atoms with Crippen molar-refractivity contribution in [2.75, 3.05) is 0 Å². The SMILES string of the molecule is C[C@H](CCC(=O)O)[C@@H]1CC[C@@H]2[C@H]3[C@H](O)[C@H](O)[C@@H]4C[C@H](O)CC[C@@]4(C)[C@H]3CC[C@@]21C. The Kier molecular flexibility index (Phi) is 5.57. The first kappa shape index (κ1) is 21.6. The largest absolute Gasteiger partial charge is 0.481 e. The Balaban J connectivity index is 1.59. The summed E-state index contributed by atoms with van der Waals surface area (Å²) in [6.45, 7) is 6.89. The molecule has 11 atom stereocenters. The van der Waals surface area contributed by atoms with Crippen LogP contribution in [0.1, 0.15) is 78.6 Å². The van der Waals surface area contributed by atoms with Gasteiger partial charge in [0.1, 0.15) is 0 Å². The topological polar surface area (TPSA) is 98.0 Å². The first-order valence-electron chi connectivity index (χ1n) is 11.9. The molecular weight excluding hydrogens is 368 g/mol. The summed E-state index contributed by atoms with van der Waals surface area (Å²) in [5.41, 5.74) is 0.119. The molecule has 5 nitrogen and oxygen atoms in total. The molecule has 0 aromatic carbocycles. The number of carbonyl (C=O) groups is 1. The van der Waals surface area contributed by atoms with E-state index in [4.69, 9.17) is 5.11 Å². The predicted molar refractivity (Wildman–Crippen MR) is 110 cm³/mol. The van der Waals surface area contributed by atoms with Crippen LogP contribution < -0.4 is 0 Å². The zero-order chi connectivity index (χ0) is 21.1. The van der Waals surface area contributed by atoms with Crippen LogP contribution in [-0.4, -0.2) is 44.7 Å². The van der Waals surface area contributed by atoms with E-state index in [-0.39, 0.29) is 35.2 Å². The van der Waals surface area contributed by atoms with Crippen LogP contribution in [0, 0.1) is 46.3 Å². The van der Waals surface area contributed by atoms with Gasteiger partial charge in [0.05, 0.1) is 18.3 Å². The van der Waals surface area contributed by atoms with Crippen LogP contribution in [0.3, 0.4) is 0 Å². The highest BCUT2D eigenvalue weighted by Crippen LogP contribution is 2.68. The fourth-order valence-corrected chi connectivity index (χ4v) is 8.77. The Morgan fingerprint density at radius 1 is 0.931 bits per heavy atom. The van der Waals surface area contributed by atoms with E-state index in [1.807, 2.05) is 0 Å². The molecule has 29 heavy (non-hydrogen) atoms. The van der Waals surface area contributed by atoms with E-state index in [0.29, 0.717) is 30.1 Å². The second kappa shape index (κ2) is 7.49. The van der Waals surface area contributed by atoms with E-state index in [9.17, 15) is 20.1 Å². The molecule has 4 N–H and O–H groups in total. The van der Waals surface area contributed by atoms with E-state index >= 15 is 0 Å². The maximum Gasteiger partial charge on any atom is 0.303 e. The number of hydrogen-bond acceptors (Lipinski definition) is 4. The summed E-state index contributed by atoms with van der Waals surface area (Å²) in [6.07, 6.45) is 5.87. The lowest BCUT2D eigenvalue weighted by Gasteiger charge is -2.63. The van der Waals surface area contributed by atoms with E-state index in [1.165, 1.54) is 0 Å². The molecule has 4 aliphatic rings. The van der Waals surface area contributed by atoms with Crippen LogP contribution in [0.15, 0.2) is 0 Å². The summed E-state index contributed by atoms with van der Waals surface area (Å²) in [5.74, 6) is 1.06. The smallest absolute Gasteiger partial charge is 0.303 e. The normalized spacial score (nSPS) is 52.9. The summed E-state index contributed by atoms with van der Waals surface area (Å²) in [5, 5.41) is 41.7. The standard InChI is InChI=1S/C24H40O5/c1-13(4-7-19(26)27)15-5-6-16-20-17(9-11-23(15,16)2)24(3)10-8-14(25)12-18(24)21(28)22(20)29/h13-18,20-22,25,28-29H,4-12H2,1-3H3,(H,26,27)/t13-,14-,15+,16-,17+,18+,20-,21-,22+,23-,24+/m1/s1. The number of rotatable bonds is 4. The van der Waals surface area contributed by atoms with Gasteiger partial charge in [0.25, 0.3) is 0 Å². The Morgan fingerprint density at radius 2 is 1.59 bits per heavy atom. The highest BCUT2D eigenvalue weighted by atomic mass is 16.4. The van der Waals surface area contributed by atoms with Crippen LogP contribution in [0.2, 0.25) is 0 Å². The summed E-state index contributed by atoms with van der Waals surface area (Å²) in [7, 11) is 0. The minimum Gasteiger partial charge on any atom is -0.481 e. The van der Waals surface area contributed by atoms with E-state index in [2.05, 4.69) is 20.8 Å². The maximum absolute atomic E-state index is 11.3.